The van der Waals surface area contributed by atoms with Crippen LogP contribution in [0.3, 0.4) is 0 Å². The van der Waals surface area contributed by atoms with E-state index in [0.717, 1.165) is 17.1 Å². The Morgan fingerprint density at radius 3 is 2.33 bits per heavy atom. The Morgan fingerprint density at radius 1 is 0.963 bits per heavy atom. The predicted molar refractivity (Wildman–Crippen MR) is 106 cm³/mol. The van der Waals surface area contributed by atoms with Gasteiger partial charge in [0.05, 0.1) is 19.4 Å². The summed E-state index contributed by atoms with van der Waals surface area (Å²) in [6.07, 6.45) is 1.63. The first-order valence-electron chi connectivity index (χ1n) is 9.20. The minimum atomic E-state index is -0.0364. The van der Waals surface area contributed by atoms with Gasteiger partial charge in [-0.1, -0.05) is 44.2 Å². The number of hydrogen-bond acceptors (Lipinski definition) is 3. The Morgan fingerprint density at radius 2 is 1.70 bits per heavy atom. The highest BCUT2D eigenvalue weighted by molar-refractivity contribution is 5.94. The van der Waals surface area contributed by atoms with Gasteiger partial charge in [-0.05, 0) is 47.9 Å². The number of carbonyl (C=O) groups is 1. The molecule has 0 saturated carbocycles. The van der Waals surface area contributed by atoms with Gasteiger partial charge in [-0.2, -0.15) is 0 Å². The molecule has 4 heteroatoms. The zero-order valence-electron chi connectivity index (χ0n) is 15.8. The lowest BCUT2D eigenvalue weighted by Crippen LogP contribution is -2.30. The molecule has 0 N–H and O–H groups in total. The predicted octanol–water partition coefficient (Wildman–Crippen LogP) is 5.16. The third kappa shape index (κ3) is 5.48. The lowest BCUT2D eigenvalue weighted by molar-refractivity contribution is 0.0717. The standard InChI is InChI=1S/C23H25NO3/c1-18(2)17-27-21-12-10-20(11-13-21)23(25)24(16-22-9-6-14-26-22)15-19-7-4-3-5-8-19/h3-14,18H,15-17H2,1-2H3. The van der Waals surface area contributed by atoms with Gasteiger partial charge in [-0.25, -0.2) is 0 Å². The minimum Gasteiger partial charge on any atom is -0.493 e. The summed E-state index contributed by atoms with van der Waals surface area (Å²) in [5.74, 6) is 1.96. The van der Waals surface area contributed by atoms with Crippen LogP contribution in [0.5, 0.6) is 5.75 Å². The summed E-state index contributed by atoms with van der Waals surface area (Å²) >= 11 is 0. The molecule has 1 amide bonds. The van der Waals surface area contributed by atoms with Gasteiger partial charge in [0.1, 0.15) is 11.5 Å². The Balaban J connectivity index is 1.75. The van der Waals surface area contributed by atoms with Crippen LogP contribution in [-0.2, 0) is 13.1 Å². The summed E-state index contributed by atoms with van der Waals surface area (Å²) in [4.78, 5) is 14.9. The van der Waals surface area contributed by atoms with Crippen molar-refractivity contribution in [3.05, 3.63) is 89.9 Å². The molecule has 2 aromatic carbocycles. The number of hydrogen-bond donors (Lipinski definition) is 0. The molecule has 1 heterocycles. The van der Waals surface area contributed by atoms with E-state index < -0.39 is 0 Å². The zero-order chi connectivity index (χ0) is 19.1. The van der Waals surface area contributed by atoms with Crippen molar-refractivity contribution in [1.29, 1.82) is 0 Å². The van der Waals surface area contributed by atoms with Crippen LogP contribution in [-0.4, -0.2) is 17.4 Å². The first-order chi connectivity index (χ1) is 13.1. The second kappa shape index (κ2) is 9.08. The molecular formula is C23H25NO3. The van der Waals surface area contributed by atoms with Crippen LogP contribution in [0, 0.1) is 5.92 Å². The van der Waals surface area contributed by atoms with Crippen molar-refractivity contribution in [2.75, 3.05) is 6.61 Å². The minimum absolute atomic E-state index is 0.0364. The van der Waals surface area contributed by atoms with Gasteiger partial charge in [0.15, 0.2) is 0 Å². The largest absolute Gasteiger partial charge is 0.493 e. The Labute approximate surface area is 160 Å². The molecule has 0 aliphatic heterocycles. The highest BCUT2D eigenvalue weighted by atomic mass is 16.5. The van der Waals surface area contributed by atoms with E-state index in [4.69, 9.17) is 9.15 Å². The van der Waals surface area contributed by atoms with E-state index in [9.17, 15) is 4.79 Å². The number of ether oxygens (including phenoxy) is 1. The van der Waals surface area contributed by atoms with Crippen LogP contribution in [0.25, 0.3) is 0 Å². The molecule has 0 aliphatic carbocycles. The maximum Gasteiger partial charge on any atom is 0.254 e. The molecule has 1 aromatic heterocycles. The first kappa shape index (κ1) is 18.8. The lowest BCUT2D eigenvalue weighted by atomic mass is 10.1. The summed E-state index contributed by atoms with van der Waals surface area (Å²) in [6.45, 7) is 5.81. The number of furan rings is 1. The maximum absolute atomic E-state index is 13.1. The quantitative estimate of drug-likeness (QED) is 0.555. The number of nitrogens with zero attached hydrogens (tertiary/aromatic N) is 1. The SMILES string of the molecule is CC(C)COc1ccc(C(=O)N(Cc2ccccc2)Cc2ccco2)cc1. The third-order valence-electron chi connectivity index (χ3n) is 4.11. The van der Waals surface area contributed by atoms with Gasteiger partial charge in [-0.3, -0.25) is 4.79 Å². The fourth-order valence-electron chi connectivity index (χ4n) is 2.73. The maximum atomic E-state index is 13.1. The molecule has 3 aromatic rings. The monoisotopic (exact) mass is 363 g/mol. The van der Waals surface area contributed by atoms with Crippen LogP contribution in [0.2, 0.25) is 0 Å². The number of benzene rings is 2. The van der Waals surface area contributed by atoms with E-state index in [2.05, 4.69) is 13.8 Å². The van der Waals surface area contributed by atoms with E-state index in [-0.39, 0.29) is 5.91 Å². The van der Waals surface area contributed by atoms with Gasteiger partial charge in [0.2, 0.25) is 0 Å². The number of amides is 1. The fraction of sp³-hybridized carbons (Fsp3) is 0.261. The van der Waals surface area contributed by atoms with E-state index in [1.807, 2.05) is 66.7 Å². The van der Waals surface area contributed by atoms with E-state index in [1.54, 1.807) is 11.2 Å². The van der Waals surface area contributed by atoms with Crippen LogP contribution >= 0.6 is 0 Å². The highest BCUT2D eigenvalue weighted by Gasteiger charge is 2.18. The topological polar surface area (TPSA) is 42.7 Å². The van der Waals surface area contributed by atoms with Gasteiger partial charge in [0, 0.05) is 12.1 Å². The van der Waals surface area contributed by atoms with Crippen LogP contribution < -0.4 is 4.74 Å². The normalized spacial score (nSPS) is 10.8. The van der Waals surface area contributed by atoms with Crippen molar-refractivity contribution < 1.29 is 13.9 Å². The van der Waals surface area contributed by atoms with Gasteiger partial charge in [0.25, 0.3) is 5.91 Å². The molecule has 27 heavy (non-hydrogen) atoms. The average Bonchev–Trinajstić information content (AvgIpc) is 3.20. The number of carbonyl (C=O) groups excluding carboxylic acids is 1. The molecule has 0 atom stereocenters. The second-order valence-electron chi connectivity index (χ2n) is 6.96. The molecule has 0 unspecified atom stereocenters. The highest BCUT2D eigenvalue weighted by Crippen LogP contribution is 2.18. The van der Waals surface area contributed by atoms with Gasteiger partial charge >= 0.3 is 0 Å². The summed E-state index contributed by atoms with van der Waals surface area (Å²) in [7, 11) is 0. The molecule has 0 aliphatic rings. The Bertz CT molecular complexity index is 824. The van der Waals surface area contributed by atoms with E-state index in [1.165, 1.54) is 0 Å². The summed E-state index contributed by atoms with van der Waals surface area (Å²) in [5.41, 5.74) is 1.71. The molecule has 0 spiro atoms. The third-order valence-corrected chi connectivity index (χ3v) is 4.11. The first-order valence-corrected chi connectivity index (χ1v) is 9.20. The molecule has 140 valence electrons. The van der Waals surface area contributed by atoms with Crippen molar-refractivity contribution in [1.82, 2.24) is 4.90 Å². The summed E-state index contributed by atoms with van der Waals surface area (Å²) < 4.78 is 11.2. The molecule has 3 rings (SSSR count). The van der Waals surface area contributed by atoms with Crippen molar-refractivity contribution in [3.63, 3.8) is 0 Å². The molecule has 4 nitrogen and oxygen atoms in total. The summed E-state index contributed by atoms with van der Waals surface area (Å²) in [6, 6.07) is 21.0. The van der Waals surface area contributed by atoms with Crippen LogP contribution in [0.15, 0.2) is 77.4 Å². The lowest BCUT2D eigenvalue weighted by Gasteiger charge is -2.22. The van der Waals surface area contributed by atoms with Crippen LogP contribution in [0.1, 0.15) is 35.5 Å². The second-order valence-corrected chi connectivity index (χ2v) is 6.96. The van der Waals surface area contributed by atoms with E-state index in [0.29, 0.717) is 31.2 Å². The zero-order valence-corrected chi connectivity index (χ0v) is 15.8. The van der Waals surface area contributed by atoms with Gasteiger partial charge in [-0.15, -0.1) is 0 Å². The van der Waals surface area contributed by atoms with Crippen molar-refractivity contribution in [3.8, 4) is 5.75 Å². The average molecular weight is 363 g/mol. The molecule has 0 bridgehead atoms. The Kier molecular flexibility index (Phi) is 6.31. The van der Waals surface area contributed by atoms with E-state index >= 15 is 0 Å². The van der Waals surface area contributed by atoms with Gasteiger partial charge < -0.3 is 14.1 Å². The molecule has 0 saturated heterocycles. The molecule has 0 radical (unpaired) electrons. The van der Waals surface area contributed by atoms with Crippen molar-refractivity contribution in [2.24, 2.45) is 5.92 Å². The molecular weight excluding hydrogens is 338 g/mol. The molecule has 0 fully saturated rings. The number of rotatable bonds is 8. The smallest absolute Gasteiger partial charge is 0.254 e. The Hall–Kier alpha value is -3.01. The van der Waals surface area contributed by atoms with Crippen molar-refractivity contribution >= 4 is 5.91 Å². The van der Waals surface area contributed by atoms with Crippen molar-refractivity contribution in [2.45, 2.75) is 26.9 Å². The fourth-order valence-corrected chi connectivity index (χ4v) is 2.73. The summed E-state index contributed by atoms with van der Waals surface area (Å²) in [5, 5.41) is 0. The van der Waals surface area contributed by atoms with Crippen LogP contribution in [0.4, 0.5) is 0 Å².